The summed E-state index contributed by atoms with van der Waals surface area (Å²) in [7, 11) is 4.16. The van der Waals surface area contributed by atoms with Gasteiger partial charge in [-0.25, -0.2) is 0 Å². The third-order valence-corrected chi connectivity index (χ3v) is 4.96. The summed E-state index contributed by atoms with van der Waals surface area (Å²) in [4.78, 5) is 17.0. The predicted octanol–water partition coefficient (Wildman–Crippen LogP) is 1.87. The highest BCUT2D eigenvalue weighted by Gasteiger charge is 2.40. The first-order chi connectivity index (χ1) is 10.6. The molecule has 0 aromatic carbocycles. The number of ether oxygens (including phenoxy) is 1. The SMILES string of the molecule is Cc1ccc([C@@H]2CN(C(=O)C3CCOCC3)C[C@H]2N(C)C)o1. The summed E-state index contributed by atoms with van der Waals surface area (Å²) in [6, 6.07) is 4.37. The Morgan fingerprint density at radius 3 is 2.55 bits per heavy atom. The first kappa shape index (κ1) is 15.6. The van der Waals surface area contributed by atoms with Crippen LogP contribution in [-0.4, -0.2) is 62.1 Å². The number of carbonyl (C=O) groups excluding carboxylic acids is 1. The molecule has 0 N–H and O–H groups in total. The topological polar surface area (TPSA) is 45.9 Å². The van der Waals surface area contributed by atoms with Gasteiger partial charge in [-0.3, -0.25) is 4.79 Å². The first-order valence-electron chi connectivity index (χ1n) is 8.15. The van der Waals surface area contributed by atoms with Gasteiger partial charge < -0.3 is 19.0 Å². The van der Waals surface area contributed by atoms with E-state index in [4.69, 9.17) is 9.15 Å². The molecule has 0 spiro atoms. The van der Waals surface area contributed by atoms with Crippen molar-refractivity contribution >= 4 is 5.91 Å². The summed E-state index contributed by atoms with van der Waals surface area (Å²) in [6.45, 7) is 4.93. The molecule has 0 unspecified atom stereocenters. The van der Waals surface area contributed by atoms with Crippen LogP contribution in [0.1, 0.15) is 30.3 Å². The van der Waals surface area contributed by atoms with Crippen LogP contribution in [0.25, 0.3) is 0 Å². The fraction of sp³-hybridized carbons (Fsp3) is 0.706. The van der Waals surface area contributed by atoms with Crippen molar-refractivity contribution in [3.8, 4) is 0 Å². The van der Waals surface area contributed by atoms with Crippen LogP contribution in [0, 0.1) is 12.8 Å². The quantitative estimate of drug-likeness (QED) is 0.855. The first-order valence-corrected chi connectivity index (χ1v) is 8.15. The molecule has 0 saturated carbocycles. The van der Waals surface area contributed by atoms with E-state index in [1.54, 1.807) is 0 Å². The molecule has 2 aliphatic heterocycles. The number of carbonyl (C=O) groups is 1. The van der Waals surface area contributed by atoms with Gasteiger partial charge in [0, 0.05) is 38.3 Å². The summed E-state index contributed by atoms with van der Waals surface area (Å²) >= 11 is 0. The van der Waals surface area contributed by atoms with E-state index in [1.807, 2.05) is 17.9 Å². The lowest BCUT2D eigenvalue weighted by Crippen LogP contribution is -2.39. The molecule has 2 fully saturated rings. The predicted molar refractivity (Wildman–Crippen MR) is 83.8 cm³/mol. The van der Waals surface area contributed by atoms with Crippen molar-refractivity contribution in [2.24, 2.45) is 5.92 Å². The van der Waals surface area contributed by atoms with Crippen LogP contribution in [-0.2, 0) is 9.53 Å². The lowest BCUT2D eigenvalue weighted by Gasteiger charge is -2.27. The third-order valence-electron chi connectivity index (χ3n) is 4.96. The lowest BCUT2D eigenvalue weighted by molar-refractivity contribution is -0.137. The van der Waals surface area contributed by atoms with Gasteiger partial charge in [0.05, 0.1) is 5.92 Å². The van der Waals surface area contributed by atoms with Crippen molar-refractivity contribution in [3.63, 3.8) is 0 Å². The minimum atomic E-state index is 0.133. The molecule has 2 saturated heterocycles. The van der Waals surface area contributed by atoms with E-state index in [0.29, 0.717) is 25.2 Å². The van der Waals surface area contributed by atoms with E-state index in [0.717, 1.165) is 37.5 Å². The summed E-state index contributed by atoms with van der Waals surface area (Å²) in [5.74, 6) is 2.61. The van der Waals surface area contributed by atoms with Gasteiger partial charge in [-0.05, 0) is 46.0 Å². The fourth-order valence-electron chi connectivity index (χ4n) is 3.62. The number of hydrogen-bond acceptors (Lipinski definition) is 4. The van der Waals surface area contributed by atoms with Crippen molar-refractivity contribution in [1.29, 1.82) is 0 Å². The lowest BCUT2D eigenvalue weighted by atomic mass is 9.98. The molecule has 0 aliphatic carbocycles. The van der Waals surface area contributed by atoms with Crippen LogP contribution in [0.15, 0.2) is 16.5 Å². The van der Waals surface area contributed by atoms with Gasteiger partial charge in [-0.2, -0.15) is 0 Å². The zero-order valence-corrected chi connectivity index (χ0v) is 13.7. The zero-order chi connectivity index (χ0) is 15.7. The van der Waals surface area contributed by atoms with Crippen molar-refractivity contribution in [3.05, 3.63) is 23.7 Å². The van der Waals surface area contributed by atoms with Gasteiger partial charge in [-0.15, -0.1) is 0 Å². The number of likely N-dealkylation sites (N-methyl/N-ethyl adjacent to an activating group) is 1. The van der Waals surface area contributed by atoms with E-state index >= 15 is 0 Å². The molecule has 0 radical (unpaired) electrons. The largest absolute Gasteiger partial charge is 0.466 e. The fourth-order valence-corrected chi connectivity index (χ4v) is 3.62. The summed E-state index contributed by atoms with van der Waals surface area (Å²) in [5, 5.41) is 0. The molecule has 2 aliphatic rings. The van der Waals surface area contributed by atoms with Crippen molar-refractivity contribution in [1.82, 2.24) is 9.80 Å². The van der Waals surface area contributed by atoms with Crippen LogP contribution in [0.4, 0.5) is 0 Å². The maximum Gasteiger partial charge on any atom is 0.225 e. The van der Waals surface area contributed by atoms with E-state index < -0.39 is 0 Å². The Morgan fingerprint density at radius 1 is 1.23 bits per heavy atom. The van der Waals surface area contributed by atoms with E-state index in [1.165, 1.54) is 0 Å². The molecule has 2 atom stereocenters. The van der Waals surface area contributed by atoms with E-state index in [2.05, 4.69) is 25.1 Å². The average Bonchev–Trinajstić information content (AvgIpc) is 3.13. The van der Waals surface area contributed by atoms with Crippen molar-refractivity contribution < 1.29 is 13.9 Å². The molecular formula is C17H26N2O3. The standard InChI is InChI=1S/C17H26N2O3/c1-12-4-5-16(22-12)14-10-19(11-15(14)18(2)3)17(20)13-6-8-21-9-7-13/h4-5,13-15H,6-11H2,1-3H3/t14-,15-/m1/s1. The average molecular weight is 306 g/mol. The maximum atomic E-state index is 12.8. The second-order valence-corrected chi connectivity index (χ2v) is 6.72. The minimum Gasteiger partial charge on any atom is -0.466 e. The monoisotopic (exact) mass is 306 g/mol. The molecular weight excluding hydrogens is 280 g/mol. The molecule has 1 aromatic heterocycles. The summed E-state index contributed by atoms with van der Waals surface area (Å²) < 4.78 is 11.2. The summed E-state index contributed by atoms with van der Waals surface area (Å²) in [6.07, 6.45) is 1.71. The number of amides is 1. The molecule has 3 rings (SSSR count). The van der Waals surface area contributed by atoms with Gasteiger partial charge in [0.1, 0.15) is 11.5 Å². The zero-order valence-electron chi connectivity index (χ0n) is 13.7. The van der Waals surface area contributed by atoms with Gasteiger partial charge in [-0.1, -0.05) is 0 Å². The molecule has 22 heavy (non-hydrogen) atoms. The smallest absolute Gasteiger partial charge is 0.225 e. The second-order valence-electron chi connectivity index (χ2n) is 6.72. The van der Waals surface area contributed by atoms with Crippen LogP contribution in [0.5, 0.6) is 0 Å². The van der Waals surface area contributed by atoms with Gasteiger partial charge >= 0.3 is 0 Å². The Bertz CT molecular complexity index is 520. The van der Waals surface area contributed by atoms with Gasteiger partial charge in [0.2, 0.25) is 5.91 Å². The number of hydrogen-bond donors (Lipinski definition) is 0. The number of aryl methyl sites for hydroxylation is 1. The Labute approximate surface area is 132 Å². The van der Waals surface area contributed by atoms with E-state index in [-0.39, 0.29) is 11.8 Å². The molecule has 0 bridgehead atoms. The number of nitrogens with zero attached hydrogens (tertiary/aromatic N) is 2. The molecule has 1 aromatic rings. The highest BCUT2D eigenvalue weighted by molar-refractivity contribution is 5.79. The summed E-state index contributed by atoms with van der Waals surface area (Å²) in [5.41, 5.74) is 0. The molecule has 5 heteroatoms. The Kier molecular flexibility index (Phi) is 4.54. The highest BCUT2D eigenvalue weighted by Crippen LogP contribution is 2.33. The maximum absolute atomic E-state index is 12.8. The number of furan rings is 1. The van der Waals surface area contributed by atoms with Crippen molar-refractivity contribution in [2.45, 2.75) is 31.7 Å². The van der Waals surface area contributed by atoms with Crippen LogP contribution < -0.4 is 0 Å². The Balaban J connectivity index is 1.73. The molecule has 3 heterocycles. The van der Waals surface area contributed by atoms with Crippen LogP contribution in [0.3, 0.4) is 0 Å². The number of likely N-dealkylation sites (tertiary alicyclic amines) is 1. The van der Waals surface area contributed by atoms with Crippen molar-refractivity contribution in [2.75, 3.05) is 40.4 Å². The van der Waals surface area contributed by atoms with E-state index in [9.17, 15) is 4.79 Å². The second kappa shape index (κ2) is 6.42. The molecule has 122 valence electrons. The Morgan fingerprint density at radius 2 is 1.95 bits per heavy atom. The molecule has 1 amide bonds. The van der Waals surface area contributed by atoms with Crippen LogP contribution >= 0.6 is 0 Å². The number of rotatable bonds is 3. The normalized spacial score (nSPS) is 26.8. The van der Waals surface area contributed by atoms with Crippen LogP contribution in [0.2, 0.25) is 0 Å². The minimum absolute atomic E-state index is 0.133. The van der Waals surface area contributed by atoms with Gasteiger partial charge in [0.25, 0.3) is 0 Å². The highest BCUT2D eigenvalue weighted by atomic mass is 16.5. The Hall–Kier alpha value is -1.33. The molecule has 5 nitrogen and oxygen atoms in total. The third kappa shape index (κ3) is 3.06. The van der Waals surface area contributed by atoms with Gasteiger partial charge in [0.15, 0.2) is 0 Å².